The van der Waals surface area contributed by atoms with E-state index in [9.17, 15) is 9.59 Å². The molecule has 2 N–H and O–H groups in total. The summed E-state index contributed by atoms with van der Waals surface area (Å²) >= 11 is 3.30. The molecule has 0 saturated heterocycles. The summed E-state index contributed by atoms with van der Waals surface area (Å²) in [6, 6.07) is 11.9. The Morgan fingerprint density at radius 1 is 1.04 bits per heavy atom. The molecule has 0 atom stereocenters. The normalized spacial score (nSPS) is 9.96. The molecule has 7 heteroatoms. The molecule has 0 saturated carbocycles. The van der Waals surface area contributed by atoms with E-state index in [1.165, 1.54) is 14.2 Å². The molecule has 0 spiro atoms. The Balaban J connectivity index is 1.95. The van der Waals surface area contributed by atoms with Gasteiger partial charge in [-0.3, -0.25) is 9.59 Å². The number of amides is 2. The average Bonchev–Trinajstić information content (AvgIpc) is 2.59. The van der Waals surface area contributed by atoms with Crippen LogP contribution in [0.25, 0.3) is 0 Å². The zero-order valence-electron chi connectivity index (χ0n) is 13.3. The van der Waals surface area contributed by atoms with Crippen LogP contribution in [0.2, 0.25) is 0 Å². The van der Waals surface area contributed by atoms with E-state index in [0.717, 1.165) is 4.47 Å². The predicted molar refractivity (Wildman–Crippen MR) is 94.7 cm³/mol. The smallest absolute Gasteiger partial charge is 0.251 e. The molecule has 2 amide bonds. The van der Waals surface area contributed by atoms with Crippen LogP contribution in [0.3, 0.4) is 0 Å². The average molecular weight is 393 g/mol. The first-order valence-corrected chi connectivity index (χ1v) is 7.88. The van der Waals surface area contributed by atoms with Gasteiger partial charge in [0.15, 0.2) is 0 Å². The molecule has 0 fully saturated rings. The van der Waals surface area contributed by atoms with E-state index in [1.54, 1.807) is 36.4 Å². The Kier molecular flexibility index (Phi) is 6.20. The van der Waals surface area contributed by atoms with Crippen molar-refractivity contribution < 1.29 is 19.1 Å². The molecule has 2 aromatic rings. The van der Waals surface area contributed by atoms with Crippen molar-refractivity contribution in [3.8, 4) is 11.5 Å². The maximum Gasteiger partial charge on any atom is 0.251 e. The molecule has 0 aliphatic heterocycles. The van der Waals surface area contributed by atoms with Crippen LogP contribution >= 0.6 is 15.9 Å². The highest BCUT2D eigenvalue weighted by Gasteiger charge is 2.10. The molecule has 24 heavy (non-hydrogen) atoms. The maximum atomic E-state index is 12.0. The first-order valence-electron chi connectivity index (χ1n) is 7.08. The summed E-state index contributed by atoms with van der Waals surface area (Å²) in [5, 5.41) is 5.26. The number of hydrogen-bond donors (Lipinski definition) is 2. The molecule has 0 unspecified atom stereocenters. The van der Waals surface area contributed by atoms with Gasteiger partial charge < -0.3 is 20.1 Å². The predicted octanol–water partition coefficient (Wildman–Crippen LogP) is 2.83. The number of hydrogen-bond acceptors (Lipinski definition) is 4. The minimum atomic E-state index is -0.353. The molecular weight excluding hydrogens is 376 g/mol. The van der Waals surface area contributed by atoms with E-state index in [0.29, 0.717) is 22.7 Å². The lowest BCUT2D eigenvalue weighted by Gasteiger charge is -2.10. The lowest BCUT2D eigenvalue weighted by atomic mass is 10.2. The van der Waals surface area contributed by atoms with Gasteiger partial charge in [-0.1, -0.05) is 22.0 Å². The molecule has 0 aliphatic rings. The van der Waals surface area contributed by atoms with Crippen LogP contribution in [-0.4, -0.2) is 32.6 Å². The van der Waals surface area contributed by atoms with Crippen molar-refractivity contribution >= 4 is 33.4 Å². The van der Waals surface area contributed by atoms with Gasteiger partial charge in [-0.15, -0.1) is 0 Å². The molecule has 0 bridgehead atoms. The number of benzene rings is 2. The van der Waals surface area contributed by atoms with Crippen molar-refractivity contribution in [3.05, 3.63) is 52.5 Å². The number of halogens is 1. The Morgan fingerprint density at radius 3 is 2.29 bits per heavy atom. The van der Waals surface area contributed by atoms with E-state index < -0.39 is 0 Å². The van der Waals surface area contributed by atoms with Crippen LogP contribution in [0.1, 0.15) is 10.4 Å². The molecule has 0 radical (unpaired) electrons. The van der Waals surface area contributed by atoms with Gasteiger partial charge in [0, 0.05) is 33.9 Å². The molecule has 0 aromatic heterocycles. The van der Waals surface area contributed by atoms with Gasteiger partial charge >= 0.3 is 0 Å². The molecular formula is C17H17BrN2O4. The Morgan fingerprint density at radius 2 is 1.71 bits per heavy atom. The van der Waals surface area contributed by atoms with Gasteiger partial charge in [-0.2, -0.15) is 0 Å². The second-order valence-corrected chi connectivity index (χ2v) is 5.76. The lowest BCUT2D eigenvalue weighted by molar-refractivity contribution is -0.115. The quantitative estimate of drug-likeness (QED) is 0.792. The second-order valence-electron chi connectivity index (χ2n) is 4.84. The third-order valence-electron chi connectivity index (χ3n) is 3.13. The van der Waals surface area contributed by atoms with Crippen LogP contribution in [0, 0.1) is 0 Å². The Bertz CT molecular complexity index is 727. The minimum Gasteiger partial charge on any atom is -0.497 e. The van der Waals surface area contributed by atoms with Gasteiger partial charge in [0.1, 0.15) is 11.5 Å². The summed E-state index contributed by atoms with van der Waals surface area (Å²) in [7, 11) is 3.05. The van der Waals surface area contributed by atoms with E-state index in [1.807, 2.05) is 6.07 Å². The van der Waals surface area contributed by atoms with Crippen molar-refractivity contribution in [2.24, 2.45) is 0 Å². The fraction of sp³-hybridized carbons (Fsp3) is 0.176. The zero-order chi connectivity index (χ0) is 17.5. The highest BCUT2D eigenvalue weighted by molar-refractivity contribution is 9.10. The first-order chi connectivity index (χ1) is 11.5. The monoisotopic (exact) mass is 392 g/mol. The molecule has 6 nitrogen and oxygen atoms in total. The fourth-order valence-corrected chi connectivity index (χ4v) is 2.38. The standard InChI is InChI=1S/C17H17BrN2O4/c1-23-14-7-13(8-15(9-14)24-2)20-16(21)10-19-17(22)11-4-3-5-12(18)6-11/h3-9H,10H2,1-2H3,(H,19,22)(H,20,21). The Hall–Kier alpha value is -2.54. The number of carbonyl (C=O) groups is 2. The van der Waals surface area contributed by atoms with Crippen molar-refractivity contribution in [3.63, 3.8) is 0 Å². The van der Waals surface area contributed by atoms with E-state index in [2.05, 4.69) is 26.6 Å². The highest BCUT2D eigenvalue weighted by atomic mass is 79.9. The summed E-state index contributed by atoms with van der Waals surface area (Å²) in [6.07, 6.45) is 0. The van der Waals surface area contributed by atoms with Crippen LogP contribution in [0.5, 0.6) is 11.5 Å². The SMILES string of the molecule is COc1cc(NC(=O)CNC(=O)c2cccc(Br)c2)cc(OC)c1. The number of carbonyl (C=O) groups excluding carboxylic acids is 2. The van der Waals surface area contributed by atoms with Gasteiger partial charge in [0.05, 0.1) is 20.8 Å². The number of ether oxygens (including phenoxy) is 2. The summed E-state index contributed by atoms with van der Waals surface area (Å²) in [5.41, 5.74) is 0.994. The van der Waals surface area contributed by atoms with Crippen LogP contribution in [0.4, 0.5) is 5.69 Å². The third kappa shape index (κ3) is 4.99. The topological polar surface area (TPSA) is 76.7 Å². The summed E-state index contributed by atoms with van der Waals surface area (Å²) in [6.45, 7) is -0.148. The van der Waals surface area contributed by atoms with Crippen molar-refractivity contribution in [2.45, 2.75) is 0 Å². The number of anilines is 1. The van der Waals surface area contributed by atoms with E-state index in [4.69, 9.17) is 9.47 Å². The lowest BCUT2D eigenvalue weighted by Crippen LogP contribution is -2.32. The van der Waals surface area contributed by atoms with E-state index in [-0.39, 0.29) is 18.4 Å². The number of rotatable bonds is 6. The molecule has 126 valence electrons. The highest BCUT2D eigenvalue weighted by Crippen LogP contribution is 2.25. The maximum absolute atomic E-state index is 12.0. The largest absolute Gasteiger partial charge is 0.497 e. The molecule has 2 rings (SSSR count). The van der Waals surface area contributed by atoms with Crippen LogP contribution < -0.4 is 20.1 Å². The summed E-state index contributed by atoms with van der Waals surface area (Å²) < 4.78 is 11.1. The minimum absolute atomic E-state index is 0.148. The van der Waals surface area contributed by atoms with Crippen molar-refractivity contribution in [1.82, 2.24) is 5.32 Å². The van der Waals surface area contributed by atoms with Crippen LogP contribution in [-0.2, 0) is 4.79 Å². The molecule has 2 aromatic carbocycles. The van der Waals surface area contributed by atoms with Crippen LogP contribution in [0.15, 0.2) is 46.9 Å². The van der Waals surface area contributed by atoms with Gasteiger partial charge in [-0.05, 0) is 18.2 Å². The van der Waals surface area contributed by atoms with Gasteiger partial charge in [0.2, 0.25) is 5.91 Å². The third-order valence-corrected chi connectivity index (χ3v) is 3.62. The van der Waals surface area contributed by atoms with E-state index >= 15 is 0 Å². The summed E-state index contributed by atoms with van der Waals surface area (Å²) in [5.74, 6) is 0.439. The first kappa shape index (κ1) is 17.8. The molecule has 0 heterocycles. The van der Waals surface area contributed by atoms with Crippen molar-refractivity contribution in [1.29, 1.82) is 0 Å². The van der Waals surface area contributed by atoms with Gasteiger partial charge in [-0.25, -0.2) is 0 Å². The second kappa shape index (κ2) is 8.35. The summed E-state index contributed by atoms with van der Waals surface area (Å²) in [4.78, 5) is 24.0. The Labute approximate surface area is 148 Å². The number of nitrogens with one attached hydrogen (secondary N) is 2. The fourth-order valence-electron chi connectivity index (χ4n) is 1.98. The molecule has 0 aliphatic carbocycles. The zero-order valence-corrected chi connectivity index (χ0v) is 14.8. The number of methoxy groups -OCH3 is 2. The van der Waals surface area contributed by atoms with Gasteiger partial charge in [0.25, 0.3) is 5.91 Å². The van der Waals surface area contributed by atoms with Crippen molar-refractivity contribution in [2.75, 3.05) is 26.1 Å².